The van der Waals surface area contributed by atoms with Crippen LogP contribution in [0.25, 0.3) is 28.1 Å². The van der Waals surface area contributed by atoms with E-state index in [1.165, 1.54) is 0 Å². The predicted molar refractivity (Wildman–Crippen MR) is 201 cm³/mol. The Bertz CT molecular complexity index is 2400. The van der Waals surface area contributed by atoms with E-state index >= 15 is 0 Å². The first-order chi connectivity index (χ1) is 26.3. The number of amides is 4. The van der Waals surface area contributed by atoms with Crippen molar-refractivity contribution >= 4 is 40.7 Å². The fraction of sp³-hybridized carbons (Fsp3) is 0.244. The lowest BCUT2D eigenvalue weighted by atomic mass is 9.98. The van der Waals surface area contributed by atoms with Crippen molar-refractivity contribution in [1.82, 2.24) is 25.0 Å². The summed E-state index contributed by atoms with van der Waals surface area (Å²) < 4.78 is 1.91. The first kappa shape index (κ1) is 33.2. The molecule has 1 atom stereocenters. The minimum Gasteiger partial charge on any atom is -0.411 e. The molecule has 2 fully saturated rings. The molecule has 0 bridgehead atoms. The number of fused-ring (bicyclic) bond motifs is 2. The third-order valence-corrected chi connectivity index (χ3v) is 11.0. The number of benzene rings is 3. The highest BCUT2D eigenvalue weighted by atomic mass is 16.4. The summed E-state index contributed by atoms with van der Waals surface area (Å²) in [5.74, 6) is -2.01. The van der Waals surface area contributed by atoms with Crippen LogP contribution in [0.3, 0.4) is 0 Å². The Morgan fingerprint density at radius 1 is 0.741 bits per heavy atom. The van der Waals surface area contributed by atoms with Gasteiger partial charge >= 0.3 is 0 Å². The van der Waals surface area contributed by atoms with Gasteiger partial charge in [-0.3, -0.25) is 34.4 Å². The van der Waals surface area contributed by atoms with Gasteiger partial charge in [-0.1, -0.05) is 23.4 Å². The van der Waals surface area contributed by atoms with Gasteiger partial charge in [0.05, 0.1) is 22.5 Å². The Labute approximate surface area is 310 Å². The molecule has 0 spiro atoms. The molecule has 1 aliphatic carbocycles. The summed E-state index contributed by atoms with van der Waals surface area (Å²) in [5, 5.41) is 20.2. The van der Waals surface area contributed by atoms with Crippen molar-refractivity contribution < 1.29 is 24.4 Å². The summed E-state index contributed by atoms with van der Waals surface area (Å²) >= 11 is 0. The second kappa shape index (κ2) is 13.1. The standard InChI is InChI=1S/C41H36N8O5/c1-24-20-31-32(41(53)49(40(31)52)35-10-11-37(50)43-39(35)51)22-36(24)47-18-16-46(17-19-47)28-4-6-29(7-5-28)48-23-33(38(44-48)25-12-14-42-15-13-25)27-2-8-30-26(21-27)3-9-34(30)45-54/h2,4-8,12-15,20-23,35,54H,3,9-11,16-19H2,1H3,(H,43,50,51). The van der Waals surface area contributed by atoms with Crippen LogP contribution < -0.4 is 15.1 Å². The van der Waals surface area contributed by atoms with Crippen molar-refractivity contribution in [3.8, 4) is 28.1 Å². The van der Waals surface area contributed by atoms with Gasteiger partial charge in [0.1, 0.15) is 11.7 Å². The van der Waals surface area contributed by atoms with Gasteiger partial charge in [0.25, 0.3) is 11.8 Å². The molecule has 270 valence electrons. The number of rotatable bonds is 6. The predicted octanol–water partition coefficient (Wildman–Crippen LogP) is 4.76. The normalized spacial score (nSPS) is 19.1. The molecule has 54 heavy (non-hydrogen) atoms. The molecule has 4 amide bonds. The lowest BCUT2D eigenvalue weighted by Crippen LogP contribution is -2.54. The molecule has 5 aromatic rings. The SMILES string of the molecule is Cc1cc2c(cc1N1CCN(c3ccc(-n4cc(-c5ccc6c(c5)CCC6=NO)c(-c5ccncc5)n4)cc3)CC1)C(=O)N(C1CCC(=O)NC1=O)C2=O. The molecule has 3 aromatic carbocycles. The molecule has 13 nitrogen and oxygen atoms in total. The summed E-state index contributed by atoms with van der Waals surface area (Å²) in [6.45, 7) is 4.86. The van der Waals surface area contributed by atoms with Crippen molar-refractivity contribution in [2.45, 2.75) is 38.6 Å². The third-order valence-electron chi connectivity index (χ3n) is 11.0. The van der Waals surface area contributed by atoms with Crippen LogP contribution >= 0.6 is 0 Å². The van der Waals surface area contributed by atoms with Gasteiger partial charge in [0.15, 0.2) is 0 Å². The average Bonchev–Trinajstić information content (AvgIpc) is 3.89. The number of hydrogen-bond donors (Lipinski definition) is 2. The maximum atomic E-state index is 13.5. The van der Waals surface area contributed by atoms with Crippen molar-refractivity contribution in [3.63, 3.8) is 0 Å². The number of aromatic nitrogens is 3. The zero-order chi connectivity index (χ0) is 37.1. The zero-order valence-corrected chi connectivity index (χ0v) is 29.5. The van der Waals surface area contributed by atoms with Gasteiger partial charge in [-0.15, -0.1) is 0 Å². The minimum absolute atomic E-state index is 0.0821. The van der Waals surface area contributed by atoms with E-state index in [-0.39, 0.29) is 12.8 Å². The molecule has 2 aromatic heterocycles. The second-order valence-corrected chi connectivity index (χ2v) is 14.1. The van der Waals surface area contributed by atoms with E-state index in [1.54, 1.807) is 24.5 Å². The minimum atomic E-state index is -0.991. The monoisotopic (exact) mass is 720 g/mol. The smallest absolute Gasteiger partial charge is 0.262 e. The molecule has 9 rings (SSSR count). The van der Waals surface area contributed by atoms with Gasteiger partial charge in [0, 0.05) is 79.3 Å². The maximum Gasteiger partial charge on any atom is 0.262 e. The van der Waals surface area contributed by atoms with Crippen LogP contribution in [0.2, 0.25) is 0 Å². The lowest BCUT2D eigenvalue weighted by Gasteiger charge is -2.38. The molecule has 0 radical (unpaired) electrons. The quantitative estimate of drug-likeness (QED) is 0.144. The topological polar surface area (TPSA) is 153 Å². The number of aryl methyl sites for hydroxylation is 2. The maximum absolute atomic E-state index is 13.5. The number of imide groups is 2. The number of nitrogens with zero attached hydrogens (tertiary/aromatic N) is 7. The summed E-state index contributed by atoms with van der Waals surface area (Å²) in [6.07, 6.45) is 7.35. The van der Waals surface area contributed by atoms with Crippen LogP contribution in [0, 0.1) is 6.92 Å². The molecule has 2 saturated heterocycles. The van der Waals surface area contributed by atoms with E-state index in [0.29, 0.717) is 24.2 Å². The third kappa shape index (κ3) is 5.59. The highest BCUT2D eigenvalue weighted by Gasteiger charge is 2.45. The number of carbonyl (C=O) groups excluding carboxylic acids is 4. The Hall–Kier alpha value is -6.63. The second-order valence-electron chi connectivity index (χ2n) is 14.1. The van der Waals surface area contributed by atoms with Crippen LogP contribution in [0.5, 0.6) is 0 Å². The fourth-order valence-electron chi connectivity index (χ4n) is 8.16. The number of oxime groups is 1. The lowest BCUT2D eigenvalue weighted by molar-refractivity contribution is -0.136. The fourth-order valence-corrected chi connectivity index (χ4v) is 8.16. The van der Waals surface area contributed by atoms with E-state index < -0.39 is 29.7 Å². The van der Waals surface area contributed by atoms with Crippen LogP contribution in [0.4, 0.5) is 11.4 Å². The van der Waals surface area contributed by atoms with Gasteiger partial charge in [-0.25, -0.2) is 4.68 Å². The molecular formula is C41H36N8O5. The van der Waals surface area contributed by atoms with Crippen LogP contribution in [-0.4, -0.2) is 86.4 Å². The summed E-state index contributed by atoms with van der Waals surface area (Å²) in [7, 11) is 0. The first-order valence-corrected chi connectivity index (χ1v) is 18.1. The number of piperazine rings is 1. The highest BCUT2D eigenvalue weighted by Crippen LogP contribution is 2.36. The van der Waals surface area contributed by atoms with Crippen molar-refractivity contribution in [3.05, 3.63) is 113 Å². The van der Waals surface area contributed by atoms with E-state index in [0.717, 1.165) is 92.7 Å². The molecular weight excluding hydrogens is 685 g/mol. The largest absolute Gasteiger partial charge is 0.411 e. The van der Waals surface area contributed by atoms with Crippen molar-refractivity contribution in [2.75, 3.05) is 36.0 Å². The van der Waals surface area contributed by atoms with Gasteiger partial charge in [0.2, 0.25) is 11.8 Å². The molecule has 4 aliphatic rings. The summed E-state index contributed by atoms with van der Waals surface area (Å²) in [4.78, 5) is 60.7. The van der Waals surface area contributed by atoms with Gasteiger partial charge in [-0.05, 0) is 91.4 Å². The van der Waals surface area contributed by atoms with E-state index in [9.17, 15) is 24.4 Å². The zero-order valence-electron chi connectivity index (χ0n) is 29.5. The number of carbonyl (C=O) groups is 4. The Morgan fingerprint density at radius 3 is 2.17 bits per heavy atom. The van der Waals surface area contributed by atoms with Crippen LogP contribution in [-0.2, 0) is 16.0 Å². The average molecular weight is 721 g/mol. The molecule has 3 aliphatic heterocycles. The number of nitrogens with one attached hydrogen (secondary N) is 1. The summed E-state index contributed by atoms with van der Waals surface area (Å²) in [5.41, 5.74) is 11.1. The van der Waals surface area contributed by atoms with Gasteiger partial charge in [-0.2, -0.15) is 5.10 Å². The molecule has 0 saturated carbocycles. The molecule has 2 N–H and O–H groups in total. The number of pyridine rings is 1. The first-order valence-electron chi connectivity index (χ1n) is 18.1. The Kier molecular flexibility index (Phi) is 8.06. The summed E-state index contributed by atoms with van der Waals surface area (Å²) in [6, 6.07) is 21.1. The number of anilines is 2. The van der Waals surface area contributed by atoms with E-state index in [4.69, 9.17) is 5.10 Å². The number of piperidine rings is 1. The van der Waals surface area contributed by atoms with Gasteiger partial charge < -0.3 is 15.0 Å². The molecule has 5 heterocycles. The van der Waals surface area contributed by atoms with Crippen molar-refractivity contribution in [2.24, 2.45) is 5.16 Å². The molecule has 1 unspecified atom stereocenters. The highest BCUT2D eigenvalue weighted by molar-refractivity contribution is 6.24. The van der Waals surface area contributed by atoms with E-state index in [2.05, 4.69) is 67.9 Å². The van der Waals surface area contributed by atoms with Crippen molar-refractivity contribution in [1.29, 1.82) is 0 Å². The number of hydrogen-bond acceptors (Lipinski definition) is 10. The van der Waals surface area contributed by atoms with Crippen LogP contribution in [0.15, 0.2) is 90.5 Å². The molecule has 13 heteroatoms. The Morgan fingerprint density at radius 2 is 1.44 bits per heavy atom. The van der Waals surface area contributed by atoms with Crippen LogP contribution in [0.1, 0.15) is 56.7 Å². The Balaban J connectivity index is 0.917. The van der Waals surface area contributed by atoms with E-state index in [1.807, 2.05) is 29.8 Å².